The van der Waals surface area contributed by atoms with Crippen LogP contribution in [0.25, 0.3) is 0 Å². The maximum atomic E-state index is 10.3. The molecular formula is C14H20O2. The van der Waals surface area contributed by atoms with Gasteiger partial charge in [-0.05, 0) is 24.3 Å². The Morgan fingerprint density at radius 3 is 2.00 bits per heavy atom. The number of aldehydes is 1. The number of ether oxygens (including phenoxy) is 1. The Bertz CT molecular complexity index is 289. The Morgan fingerprint density at radius 1 is 1.12 bits per heavy atom. The standard InChI is InChI=1S/C10H12O.C4H8O/c1-8(2)10-5-3-9(7-11)4-6-10;1-2-4-5-3-1/h3-8H,1-2H3;1-4H2. The van der Waals surface area contributed by atoms with Gasteiger partial charge in [-0.1, -0.05) is 38.1 Å². The first-order chi connectivity index (χ1) is 7.74. The van der Waals surface area contributed by atoms with E-state index in [4.69, 9.17) is 4.74 Å². The first-order valence-corrected chi connectivity index (χ1v) is 5.87. The van der Waals surface area contributed by atoms with E-state index in [2.05, 4.69) is 13.8 Å². The van der Waals surface area contributed by atoms with Gasteiger partial charge in [0, 0.05) is 18.8 Å². The largest absolute Gasteiger partial charge is 0.381 e. The second-order valence-corrected chi connectivity index (χ2v) is 4.26. The average molecular weight is 220 g/mol. The fraction of sp³-hybridized carbons (Fsp3) is 0.500. The van der Waals surface area contributed by atoms with E-state index in [1.165, 1.54) is 18.4 Å². The van der Waals surface area contributed by atoms with Gasteiger partial charge in [-0.2, -0.15) is 0 Å². The van der Waals surface area contributed by atoms with Crippen molar-refractivity contribution in [1.29, 1.82) is 0 Å². The first kappa shape index (κ1) is 12.9. The molecule has 1 heterocycles. The molecule has 0 spiro atoms. The van der Waals surface area contributed by atoms with Gasteiger partial charge in [0.1, 0.15) is 6.29 Å². The van der Waals surface area contributed by atoms with Crippen LogP contribution in [0.3, 0.4) is 0 Å². The number of hydrogen-bond acceptors (Lipinski definition) is 2. The van der Waals surface area contributed by atoms with Crippen LogP contribution in [0, 0.1) is 0 Å². The number of hydrogen-bond donors (Lipinski definition) is 0. The van der Waals surface area contributed by atoms with E-state index < -0.39 is 0 Å². The molecule has 0 radical (unpaired) electrons. The molecule has 0 aromatic heterocycles. The van der Waals surface area contributed by atoms with Crippen molar-refractivity contribution in [2.24, 2.45) is 0 Å². The Hall–Kier alpha value is -1.15. The minimum atomic E-state index is 0.538. The van der Waals surface area contributed by atoms with Gasteiger partial charge in [0.05, 0.1) is 0 Å². The number of benzene rings is 1. The van der Waals surface area contributed by atoms with Crippen molar-refractivity contribution in [3.63, 3.8) is 0 Å². The number of carbonyl (C=O) groups excluding carboxylic acids is 1. The minimum absolute atomic E-state index is 0.538. The molecule has 88 valence electrons. The highest BCUT2D eigenvalue weighted by atomic mass is 16.5. The van der Waals surface area contributed by atoms with Crippen molar-refractivity contribution in [3.05, 3.63) is 35.4 Å². The van der Waals surface area contributed by atoms with E-state index in [1.807, 2.05) is 24.3 Å². The molecule has 2 rings (SSSR count). The lowest BCUT2D eigenvalue weighted by molar-refractivity contribution is 0.112. The summed E-state index contributed by atoms with van der Waals surface area (Å²) in [5.74, 6) is 0.538. The molecule has 0 atom stereocenters. The predicted octanol–water partition coefficient (Wildman–Crippen LogP) is 3.42. The van der Waals surface area contributed by atoms with E-state index in [0.29, 0.717) is 5.92 Å². The molecule has 0 saturated carbocycles. The normalized spacial score (nSPS) is 14.4. The zero-order chi connectivity index (χ0) is 11.8. The molecule has 2 heteroatoms. The molecule has 1 fully saturated rings. The Kier molecular flexibility index (Phi) is 5.79. The van der Waals surface area contributed by atoms with Crippen molar-refractivity contribution in [2.45, 2.75) is 32.6 Å². The third kappa shape index (κ3) is 4.58. The lowest BCUT2D eigenvalue weighted by Gasteiger charge is -2.03. The van der Waals surface area contributed by atoms with Gasteiger partial charge in [-0.15, -0.1) is 0 Å². The second-order valence-electron chi connectivity index (χ2n) is 4.26. The van der Waals surface area contributed by atoms with Crippen LogP contribution in [0.2, 0.25) is 0 Å². The van der Waals surface area contributed by atoms with Gasteiger partial charge in [0.25, 0.3) is 0 Å². The van der Waals surface area contributed by atoms with E-state index in [9.17, 15) is 4.79 Å². The molecule has 0 N–H and O–H groups in total. The van der Waals surface area contributed by atoms with Crippen LogP contribution in [0.4, 0.5) is 0 Å². The van der Waals surface area contributed by atoms with Gasteiger partial charge in [-0.25, -0.2) is 0 Å². The van der Waals surface area contributed by atoms with Crippen LogP contribution in [-0.2, 0) is 4.74 Å². The second kappa shape index (κ2) is 7.18. The van der Waals surface area contributed by atoms with Crippen LogP contribution in [-0.4, -0.2) is 19.5 Å². The van der Waals surface area contributed by atoms with Crippen LogP contribution < -0.4 is 0 Å². The van der Waals surface area contributed by atoms with Crippen LogP contribution in [0.1, 0.15) is 48.5 Å². The molecule has 1 saturated heterocycles. The molecule has 1 aromatic rings. The third-order valence-electron chi connectivity index (χ3n) is 2.57. The van der Waals surface area contributed by atoms with Gasteiger partial charge in [0.2, 0.25) is 0 Å². The van der Waals surface area contributed by atoms with E-state index >= 15 is 0 Å². The Labute approximate surface area is 97.6 Å². The topological polar surface area (TPSA) is 26.3 Å². The summed E-state index contributed by atoms with van der Waals surface area (Å²) >= 11 is 0. The zero-order valence-electron chi connectivity index (χ0n) is 10.1. The summed E-state index contributed by atoms with van der Waals surface area (Å²) in [5.41, 5.74) is 2.02. The summed E-state index contributed by atoms with van der Waals surface area (Å²) in [6.07, 6.45) is 3.42. The molecule has 0 unspecified atom stereocenters. The molecule has 0 aliphatic carbocycles. The van der Waals surface area contributed by atoms with Crippen molar-refractivity contribution in [3.8, 4) is 0 Å². The summed E-state index contributed by atoms with van der Waals surface area (Å²) in [5, 5.41) is 0. The SMILES string of the molecule is C1CCOC1.CC(C)c1ccc(C=O)cc1. The van der Waals surface area contributed by atoms with Gasteiger partial charge in [0.15, 0.2) is 0 Å². The summed E-state index contributed by atoms with van der Waals surface area (Å²) in [7, 11) is 0. The van der Waals surface area contributed by atoms with E-state index in [1.54, 1.807) is 0 Å². The van der Waals surface area contributed by atoms with Gasteiger partial charge < -0.3 is 4.74 Å². The summed E-state index contributed by atoms with van der Waals surface area (Å²) in [4.78, 5) is 10.3. The fourth-order valence-electron chi connectivity index (χ4n) is 1.47. The summed E-state index contributed by atoms with van der Waals surface area (Å²) in [6, 6.07) is 7.69. The highest BCUT2D eigenvalue weighted by Gasteiger charge is 1.97. The molecule has 0 amide bonds. The van der Waals surface area contributed by atoms with Gasteiger partial charge in [-0.3, -0.25) is 4.79 Å². The van der Waals surface area contributed by atoms with Crippen molar-refractivity contribution in [2.75, 3.05) is 13.2 Å². The number of carbonyl (C=O) groups is 1. The molecule has 0 bridgehead atoms. The monoisotopic (exact) mass is 220 g/mol. The Morgan fingerprint density at radius 2 is 1.69 bits per heavy atom. The van der Waals surface area contributed by atoms with E-state index in [-0.39, 0.29) is 0 Å². The quantitative estimate of drug-likeness (QED) is 0.714. The lowest BCUT2D eigenvalue weighted by atomic mass is 10.0. The van der Waals surface area contributed by atoms with E-state index in [0.717, 1.165) is 25.1 Å². The lowest BCUT2D eigenvalue weighted by Crippen LogP contribution is -1.87. The third-order valence-corrected chi connectivity index (χ3v) is 2.57. The average Bonchev–Trinajstić information content (AvgIpc) is 2.88. The fourth-order valence-corrected chi connectivity index (χ4v) is 1.47. The predicted molar refractivity (Wildman–Crippen MR) is 66.0 cm³/mol. The highest BCUT2D eigenvalue weighted by Crippen LogP contribution is 2.13. The maximum Gasteiger partial charge on any atom is 0.150 e. The smallest absolute Gasteiger partial charge is 0.150 e. The summed E-state index contributed by atoms with van der Waals surface area (Å²) < 4.78 is 4.94. The maximum absolute atomic E-state index is 10.3. The van der Waals surface area contributed by atoms with Crippen LogP contribution in [0.5, 0.6) is 0 Å². The zero-order valence-corrected chi connectivity index (χ0v) is 10.1. The molecule has 16 heavy (non-hydrogen) atoms. The molecule has 1 aromatic carbocycles. The van der Waals surface area contributed by atoms with Crippen LogP contribution in [0.15, 0.2) is 24.3 Å². The van der Waals surface area contributed by atoms with Crippen LogP contribution >= 0.6 is 0 Å². The van der Waals surface area contributed by atoms with Gasteiger partial charge >= 0.3 is 0 Å². The van der Waals surface area contributed by atoms with Crippen molar-refractivity contribution >= 4 is 6.29 Å². The minimum Gasteiger partial charge on any atom is -0.381 e. The molecule has 2 nitrogen and oxygen atoms in total. The first-order valence-electron chi connectivity index (χ1n) is 5.87. The molecular weight excluding hydrogens is 200 g/mol. The molecule has 1 aliphatic heterocycles. The number of rotatable bonds is 2. The van der Waals surface area contributed by atoms with Crippen molar-refractivity contribution < 1.29 is 9.53 Å². The highest BCUT2D eigenvalue weighted by molar-refractivity contribution is 5.74. The summed E-state index contributed by atoms with van der Waals surface area (Å²) in [6.45, 7) is 6.27. The Balaban J connectivity index is 0.000000212. The van der Waals surface area contributed by atoms with Crippen molar-refractivity contribution in [1.82, 2.24) is 0 Å². The molecule has 1 aliphatic rings.